The van der Waals surface area contributed by atoms with Crippen LogP contribution in [0.15, 0.2) is 54.6 Å². The molecule has 1 nitrogen and oxygen atoms in total. The summed E-state index contributed by atoms with van der Waals surface area (Å²) in [7, 11) is 0. The zero-order chi connectivity index (χ0) is 19.8. The van der Waals surface area contributed by atoms with Crippen LogP contribution in [0, 0.1) is 27.7 Å². The van der Waals surface area contributed by atoms with Crippen molar-refractivity contribution in [2.45, 2.75) is 34.1 Å². The topological polar surface area (TPSA) is 9.23 Å². The Labute approximate surface area is 157 Å². The summed E-state index contributed by atoms with van der Waals surface area (Å²) in [5.41, 5.74) is 8.95. The summed E-state index contributed by atoms with van der Waals surface area (Å²) in [5.74, 6) is -0.215. The van der Waals surface area contributed by atoms with E-state index in [4.69, 9.17) is 0 Å². The molecule has 0 atom stereocenters. The van der Waals surface area contributed by atoms with Gasteiger partial charge in [0, 0.05) is 0 Å². The molecule has 0 aromatic heterocycles. The van der Waals surface area contributed by atoms with Crippen molar-refractivity contribution in [3.05, 3.63) is 76.9 Å². The molecule has 3 aromatic rings. The third-order valence-electron chi connectivity index (χ3n) is 5.00. The second-order valence-corrected chi connectivity index (χ2v) is 6.78. The highest BCUT2D eigenvalue weighted by Gasteiger charge is 2.31. The second kappa shape index (κ2) is 7.10. The Morgan fingerprint density at radius 2 is 1.15 bits per heavy atom. The van der Waals surface area contributed by atoms with Gasteiger partial charge in [-0.1, -0.05) is 42.5 Å². The lowest BCUT2D eigenvalue weighted by Crippen LogP contribution is -2.16. The van der Waals surface area contributed by atoms with Crippen molar-refractivity contribution < 1.29 is 17.9 Å². The molecule has 0 amide bonds. The van der Waals surface area contributed by atoms with Crippen LogP contribution in [-0.2, 0) is 0 Å². The van der Waals surface area contributed by atoms with Crippen molar-refractivity contribution in [3.8, 4) is 28.0 Å². The van der Waals surface area contributed by atoms with Crippen LogP contribution in [0.1, 0.15) is 22.3 Å². The summed E-state index contributed by atoms with van der Waals surface area (Å²) in [6.45, 7) is 8.30. The molecule has 0 heterocycles. The van der Waals surface area contributed by atoms with Gasteiger partial charge in [0.05, 0.1) is 0 Å². The van der Waals surface area contributed by atoms with Gasteiger partial charge in [-0.15, -0.1) is 13.2 Å². The van der Waals surface area contributed by atoms with Gasteiger partial charge in [-0.25, -0.2) is 0 Å². The number of halogens is 3. The quantitative estimate of drug-likeness (QED) is 0.475. The fourth-order valence-corrected chi connectivity index (χ4v) is 3.19. The smallest absolute Gasteiger partial charge is 0.406 e. The first kappa shape index (κ1) is 19.0. The molecule has 0 aliphatic carbocycles. The minimum Gasteiger partial charge on any atom is -0.406 e. The lowest BCUT2D eigenvalue weighted by atomic mass is 9.90. The summed E-state index contributed by atoms with van der Waals surface area (Å²) in [4.78, 5) is 0. The number of aryl methyl sites for hydroxylation is 2. The Morgan fingerprint density at radius 1 is 0.630 bits per heavy atom. The Balaban J connectivity index is 1.96. The zero-order valence-electron chi connectivity index (χ0n) is 15.7. The fraction of sp³-hybridized carbons (Fsp3) is 0.217. The van der Waals surface area contributed by atoms with Crippen molar-refractivity contribution in [2.75, 3.05) is 0 Å². The Morgan fingerprint density at radius 3 is 1.67 bits per heavy atom. The van der Waals surface area contributed by atoms with Gasteiger partial charge in [0.15, 0.2) is 0 Å². The molecular formula is C23H21F3O. The van der Waals surface area contributed by atoms with E-state index >= 15 is 0 Å². The zero-order valence-corrected chi connectivity index (χ0v) is 15.7. The summed E-state index contributed by atoms with van der Waals surface area (Å²) in [5, 5.41) is 0. The van der Waals surface area contributed by atoms with Crippen molar-refractivity contribution in [2.24, 2.45) is 0 Å². The predicted molar refractivity (Wildman–Crippen MR) is 103 cm³/mol. The number of alkyl halides is 3. The minimum absolute atomic E-state index is 0.215. The van der Waals surface area contributed by atoms with Gasteiger partial charge < -0.3 is 4.74 Å². The fourth-order valence-electron chi connectivity index (χ4n) is 3.19. The molecule has 0 fully saturated rings. The van der Waals surface area contributed by atoms with Crippen molar-refractivity contribution >= 4 is 0 Å². The van der Waals surface area contributed by atoms with E-state index in [2.05, 4.69) is 49.8 Å². The maximum absolute atomic E-state index is 12.3. The molecule has 140 valence electrons. The standard InChI is InChI=1S/C23H21F3O/c1-14-5-6-19(13-15(14)2)22-12-11-21(16(3)17(22)4)18-7-9-20(10-8-18)27-23(24,25)26/h5-13H,1-4H3. The van der Waals surface area contributed by atoms with E-state index in [0.29, 0.717) is 0 Å². The number of hydrogen-bond donors (Lipinski definition) is 0. The third kappa shape index (κ3) is 4.16. The normalized spacial score (nSPS) is 11.5. The Bertz CT molecular complexity index is 970. The molecule has 3 aromatic carbocycles. The molecule has 0 aliphatic heterocycles. The van der Waals surface area contributed by atoms with Gasteiger partial charge in [0.2, 0.25) is 0 Å². The maximum atomic E-state index is 12.3. The van der Waals surface area contributed by atoms with Crippen LogP contribution in [0.2, 0.25) is 0 Å². The molecule has 3 rings (SSSR count). The van der Waals surface area contributed by atoms with Gasteiger partial charge >= 0.3 is 6.36 Å². The molecule has 0 N–H and O–H groups in total. The third-order valence-corrected chi connectivity index (χ3v) is 5.00. The van der Waals surface area contributed by atoms with Gasteiger partial charge in [0.1, 0.15) is 5.75 Å². The van der Waals surface area contributed by atoms with Gasteiger partial charge in [-0.3, -0.25) is 0 Å². The number of ether oxygens (including phenoxy) is 1. The highest BCUT2D eigenvalue weighted by molar-refractivity contribution is 5.77. The maximum Gasteiger partial charge on any atom is 0.573 e. The second-order valence-electron chi connectivity index (χ2n) is 6.78. The van der Waals surface area contributed by atoms with E-state index in [0.717, 1.165) is 27.8 Å². The van der Waals surface area contributed by atoms with Crippen LogP contribution in [-0.4, -0.2) is 6.36 Å². The van der Waals surface area contributed by atoms with Crippen LogP contribution < -0.4 is 4.74 Å². The van der Waals surface area contributed by atoms with Crippen molar-refractivity contribution in [1.82, 2.24) is 0 Å². The molecule has 0 spiro atoms. The first-order valence-electron chi connectivity index (χ1n) is 8.70. The highest BCUT2D eigenvalue weighted by Crippen LogP contribution is 2.34. The van der Waals surface area contributed by atoms with Gasteiger partial charge in [-0.2, -0.15) is 0 Å². The monoisotopic (exact) mass is 370 g/mol. The van der Waals surface area contributed by atoms with E-state index < -0.39 is 6.36 Å². The predicted octanol–water partition coefficient (Wildman–Crippen LogP) is 7.15. The van der Waals surface area contributed by atoms with E-state index in [9.17, 15) is 13.2 Å². The van der Waals surface area contributed by atoms with Crippen molar-refractivity contribution in [1.29, 1.82) is 0 Å². The Hall–Kier alpha value is -2.75. The molecule has 0 saturated heterocycles. The van der Waals surface area contributed by atoms with Gasteiger partial charge in [0.25, 0.3) is 0 Å². The molecule has 27 heavy (non-hydrogen) atoms. The van der Waals surface area contributed by atoms with Crippen LogP contribution in [0.3, 0.4) is 0 Å². The number of hydrogen-bond acceptors (Lipinski definition) is 1. The number of benzene rings is 3. The Kier molecular flexibility index (Phi) is 5.01. The average Bonchev–Trinajstić information content (AvgIpc) is 2.59. The molecule has 0 unspecified atom stereocenters. The lowest BCUT2D eigenvalue weighted by molar-refractivity contribution is -0.274. The summed E-state index contributed by atoms with van der Waals surface area (Å²) >= 11 is 0. The first-order chi connectivity index (χ1) is 12.7. The molecular weight excluding hydrogens is 349 g/mol. The largest absolute Gasteiger partial charge is 0.573 e. The van der Waals surface area contributed by atoms with Gasteiger partial charge in [-0.05, 0) is 84.3 Å². The highest BCUT2D eigenvalue weighted by atomic mass is 19.4. The minimum atomic E-state index is -4.68. The molecule has 0 bridgehead atoms. The lowest BCUT2D eigenvalue weighted by Gasteiger charge is -2.15. The number of rotatable bonds is 3. The molecule has 0 radical (unpaired) electrons. The van der Waals surface area contributed by atoms with Crippen LogP contribution >= 0.6 is 0 Å². The van der Waals surface area contributed by atoms with E-state index in [-0.39, 0.29) is 5.75 Å². The van der Waals surface area contributed by atoms with E-state index in [1.165, 1.54) is 28.8 Å². The SMILES string of the molecule is Cc1ccc(-c2ccc(-c3ccc(OC(F)(F)F)cc3)c(C)c2C)cc1C. The van der Waals surface area contributed by atoms with Crippen LogP contribution in [0.25, 0.3) is 22.3 Å². The summed E-state index contributed by atoms with van der Waals surface area (Å²) in [6.07, 6.45) is -4.68. The average molecular weight is 370 g/mol. The summed E-state index contributed by atoms with van der Waals surface area (Å²) in [6, 6.07) is 16.5. The van der Waals surface area contributed by atoms with Crippen LogP contribution in [0.5, 0.6) is 5.75 Å². The summed E-state index contributed by atoms with van der Waals surface area (Å²) < 4.78 is 40.9. The molecule has 0 aliphatic rings. The molecule has 4 heteroatoms. The van der Waals surface area contributed by atoms with E-state index in [1.807, 2.05) is 13.0 Å². The first-order valence-corrected chi connectivity index (χ1v) is 8.70. The van der Waals surface area contributed by atoms with E-state index in [1.54, 1.807) is 12.1 Å². The van der Waals surface area contributed by atoms with Crippen LogP contribution in [0.4, 0.5) is 13.2 Å². The van der Waals surface area contributed by atoms with Crippen molar-refractivity contribution in [3.63, 3.8) is 0 Å². The molecule has 0 saturated carbocycles.